The summed E-state index contributed by atoms with van der Waals surface area (Å²) in [6.07, 6.45) is 0. The summed E-state index contributed by atoms with van der Waals surface area (Å²) >= 11 is 9.70. The minimum Gasteiger partial charge on any atom is -0.0868 e. The van der Waals surface area contributed by atoms with E-state index in [4.69, 9.17) is 11.8 Å². The Bertz CT molecular complexity index is 1270. The zero-order valence-corrected chi connectivity index (χ0v) is 24.1. The molecule has 0 heterocycles. The molecule has 1 atom stereocenters. The van der Waals surface area contributed by atoms with Crippen LogP contribution in [0.25, 0.3) is 0 Å². The SMILES string of the molecule is S=P(c1ccccc1)(c1ccccc1)[C@H](I)[Si](c1ccccc1)(c1ccccc1)c1ccccc1. The minimum atomic E-state index is -2.60. The van der Waals surface area contributed by atoms with Gasteiger partial charge in [0.2, 0.25) is 0 Å². The molecule has 0 spiro atoms. The van der Waals surface area contributed by atoms with Crippen LogP contribution in [-0.2, 0) is 11.8 Å². The molecule has 5 aromatic carbocycles. The molecule has 0 aliphatic carbocycles. The first kappa shape index (κ1) is 24.4. The van der Waals surface area contributed by atoms with E-state index in [1.54, 1.807) is 0 Å². The molecule has 4 heteroatoms. The molecular formula is C31H26IPSSi. The van der Waals surface area contributed by atoms with Crippen molar-refractivity contribution in [2.75, 3.05) is 0 Å². The van der Waals surface area contributed by atoms with E-state index in [0.717, 1.165) is 0 Å². The second-order valence-electron chi connectivity index (χ2n) is 8.57. The fourth-order valence-corrected chi connectivity index (χ4v) is 22.8. The zero-order chi connectivity index (χ0) is 24.1. The monoisotopic (exact) mass is 616 g/mol. The Morgan fingerprint density at radius 3 is 1.00 bits per heavy atom. The summed E-state index contributed by atoms with van der Waals surface area (Å²) in [5, 5.41) is 6.76. The molecule has 0 bridgehead atoms. The average molecular weight is 617 g/mol. The lowest BCUT2D eigenvalue weighted by molar-refractivity contribution is 1.63. The van der Waals surface area contributed by atoms with Crippen LogP contribution in [0.3, 0.4) is 0 Å². The maximum absolute atomic E-state index is 6.94. The highest BCUT2D eigenvalue weighted by atomic mass is 127. The van der Waals surface area contributed by atoms with Crippen LogP contribution in [0.5, 0.6) is 0 Å². The van der Waals surface area contributed by atoms with Crippen LogP contribution in [0.15, 0.2) is 152 Å². The van der Waals surface area contributed by atoms with E-state index in [1.807, 2.05) is 0 Å². The summed E-state index contributed by atoms with van der Waals surface area (Å²) < 4.78 is 0.208. The molecule has 0 saturated carbocycles. The number of hydrogen-bond acceptors (Lipinski definition) is 1. The highest BCUT2D eigenvalue weighted by molar-refractivity contribution is 14.1. The van der Waals surface area contributed by atoms with E-state index in [2.05, 4.69) is 174 Å². The Kier molecular flexibility index (Phi) is 7.50. The molecule has 172 valence electrons. The minimum absolute atomic E-state index is 0.208. The van der Waals surface area contributed by atoms with Gasteiger partial charge in [0.05, 0.1) is 3.29 Å². The van der Waals surface area contributed by atoms with Gasteiger partial charge in [0.1, 0.15) is 0 Å². The summed E-state index contributed by atoms with van der Waals surface area (Å²) in [6, 6.07) is 52.9. The van der Waals surface area contributed by atoms with Crippen molar-refractivity contribution < 1.29 is 0 Å². The fourth-order valence-electron chi connectivity index (χ4n) is 5.00. The van der Waals surface area contributed by atoms with E-state index in [0.29, 0.717) is 0 Å². The maximum atomic E-state index is 6.94. The average Bonchev–Trinajstić information content (AvgIpc) is 2.96. The van der Waals surface area contributed by atoms with Crippen molar-refractivity contribution in [3.63, 3.8) is 0 Å². The second-order valence-corrected chi connectivity index (χ2v) is 21.0. The van der Waals surface area contributed by atoms with Crippen LogP contribution in [-0.4, -0.2) is 11.4 Å². The van der Waals surface area contributed by atoms with Crippen LogP contribution < -0.4 is 26.2 Å². The van der Waals surface area contributed by atoms with Crippen molar-refractivity contribution in [1.29, 1.82) is 0 Å². The van der Waals surface area contributed by atoms with Gasteiger partial charge in [0.25, 0.3) is 0 Å². The number of benzene rings is 5. The second kappa shape index (κ2) is 10.8. The topological polar surface area (TPSA) is 0 Å². The lowest BCUT2D eigenvalue weighted by Gasteiger charge is -2.43. The standard InChI is InChI=1S/C31H26IPSSi/c32-31(33(34,26-16-6-1-7-17-26)27-18-8-2-9-19-27)35(28-20-10-3-11-21-28,29-22-12-4-13-23-29)30-24-14-5-15-25-30/h1-25,31H/t31-/m0/s1. The first-order chi connectivity index (χ1) is 17.2. The van der Waals surface area contributed by atoms with Gasteiger partial charge in [-0.15, -0.1) is 0 Å². The predicted octanol–water partition coefficient (Wildman–Crippen LogP) is 5.59. The van der Waals surface area contributed by atoms with Gasteiger partial charge in [-0.2, -0.15) is 0 Å². The van der Waals surface area contributed by atoms with E-state index < -0.39 is 14.1 Å². The molecule has 35 heavy (non-hydrogen) atoms. The summed E-state index contributed by atoms with van der Waals surface area (Å²) in [4.78, 5) is 0. The van der Waals surface area contributed by atoms with Gasteiger partial charge >= 0.3 is 0 Å². The molecule has 0 saturated heterocycles. The molecule has 5 rings (SSSR count). The molecule has 0 nitrogen and oxygen atoms in total. The largest absolute Gasteiger partial charge is 0.166 e. The molecule has 5 aromatic rings. The van der Waals surface area contributed by atoms with Crippen LogP contribution in [0.4, 0.5) is 0 Å². The van der Waals surface area contributed by atoms with Crippen LogP contribution in [0.2, 0.25) is 0 Å². The van der Waals surface area contributed by atoms with E-state index in [9.17, 15) is 0 Å². The van der Waals surface area contributed by atoms with Crippen molar-refractivity contribution in [2.24, 2.45) is 0 Å². The smallest absolute Gasteiger partial charge is 0.0868 e. The Morgan fingerprint density at radius 2 is 0.714 bits per heavy atom. The highest BCUT2D eigenvalue weighted by Gasteiger charge is 2.51. The van der Waals surface area contributed by atoms with Gasteiger partial charge in [0.15, 0.2) is 8.07 Å². The van der Waals surface area contributed by atoms with Crippen molar-refractivity contribution in [3.8, 4) is 0 Å². The van der Waals surface area contributed by atoms with Gasteiger partial charge in [-0.25, -0.2) is 0 Å². The van der Waals surface area contributed by atoms with Crippen molar-refractivity contribution in [2.45, 2.75) is 3.29 Å². The molecule has 0 aliphatic heterocycles. The van der Waals surface area contributed by atoms with Gasteiger partial charge in [-0.1, -0.05) is 186 Å². The number of hydrogen-bond donors (Lipinski definition) is 0. The van der Waals surface area contributed by atoms with E-state index in [1.165, 1.54) is 26.2 Å². The summed E-state index contributed by atoms with van der Waals surface area (Å²) in [5.41, 5.74) is 0. The van der Waals surface area contributed by atoms with Crippen LogP contribution >= 0.6 is 28.6 Å². The van der Waals surface area contributed by atoms with E-state index in [-0.39, 0.29) is 3.29 Å². The first-order valence-electron chi connectivity index (χ1n) is 11.7. The third-order valence-corrected chi connectivity index (χ3v) is 25.1. The molecule has 0 unspecified atom stereocenters. The first-order valence-corrected chi connectivity index (χ1v) is 17.9. The molecule has 0 N–H and O–H groups in total. The third-order valence-electron chi connectivity index (χ3n) is 6.64. The van der Waals surface area contributed by atoms with E-state index >= 15 is 0 Å². The quantitative estimate of drug-likeness (QED) is 0.0756. The number of halogens is 1. The summed E-state index contributed by atoms with van der Waals surface area (Å²) in [5.74, 6) is 0. The number of alkyl halides is 1. The highest BCUT2D eigenvalue weighted by Crippen LogP contribution is 2.55. The Balaban J connectivity index is 1.90. The Hall–Kier alpha value is -2.30. The van der Waals surface area contributed by atoms with Crippen molar-refractivity contribution in [1.82, 2.24) is 0 Å². The molecule has 0 amide bonds. The Labute approximate surface area is 228 Å². The molecular weight excluding hydrogens is 590 g/mol. The van der Waals surface area contributed by atoms with Crippen molar-refractivity contribution in [3.05, 3.63) is 152 Å². The van der Waals surface area contributed by atoms with Crippen LogP contribution in [0, 0.1) is 0 Å². The van der Waals surface area contributed by atoms with Gasteiger partial charge in [-0.05, 0) is 26.2 Å². The zero-order valence-electron chi connectivity index (χ0n) is 19.2. The normalized spacial score (nSPS) is 12.7. The maximum Gasteiger partial charge on any atom is 0.166 e. The van der Waals surface area contributed by atoms with Gasteiger partial charge in [0, 0.05) is 6.04 Å². The molecule has 0 aliphatic rings. The summed E-state index contributed by atoms with van der Waals surface area (Å²) in [7, 11) is -2.60. The fraction of sp³-hybridized carbons (Fsp3) is 0.0323. The lowest BCUT2D eigenvalue weighted by Crippen LogP contribution is -2.73. The van der Waals surface area contributed by atoms with Crippen molar-refractivity contribution >= 4 is 74.7 Å². The molecule has 0 fully saturated rings. The van der Waals surface area contributed by atoms with Gasteiger partial charge < -0.3 is 0 Å². The number of rotatable bonds is 7. The third kappa shape index (κ3) is 4.40. The summed E-state index contributed by atoms with van der Waals surface area (Å²) in [6.45, 7) is 0. The lowest BCUT2D eigenvalue weighted by atomic mass is 10.3. The Morgan fingerprint density at radius 1 is 0.457 bits per heavy atom. The molecule has 0 aromatic heterocycles. The molecule has 0 radical (unpaired) electrons. The van der Waals surface area contributed by atoms with Crippen LogP contribution in [0.1, 0.15) is 0 Å². The van der Waals surface area contributed by atoms with Gasteiger partial charge in [-0.3, -0.25) is 0 Å². The predicted molar refractivity (Wildman–Crippen MR) is 168 cm³/mol.